The summed E-state index contributed by atoms with van der Waals surface area (Å²) in [6.45, 7) is 3.21. The molecule has 0 saturated heterocycles. The fraction of sp³-hybridized carbons (Fsp3) is 0.286. The Kier molecular flexibility index (Phi) is 6.85. The van der Waals surface area contributed by atoms with Gasteiger partial charge in [-0.2, -0.15) is 0 Å². The van der Waals surface area contributed by atoms with E-state index in [1.807, 2.05) is 42.6 Å². The van der Waals surface area contributed by atoms with Gasteiger partial charge in [-0.25, -0.2) is 4.98 Å². The Morgan fingerprint density at radius 1 is 1.15 bits per heavy atom. The Morgan fingerprint density at radius 2 is 1.92 bits per heavy atom. The molecule has 3 rings (SSSR count). The van der Waals surface area contributed by atoms with E-state index in [4.69, 9.17) is 11.6 Å². The van der Waals surface area contributed by atoms with E-state index in [2.05, 4.69) is 68.8 Å². The average molecular weight is 450 g/mol. The minimum atomic E-state index is 0.0875. The second-order valence-corrected chi connectivity index (χ2v) is 9.23. The monoisotopic (exact) mass is 448 g/mol. The van der Waals surface area contributed by atoms with Crippen molar-refractivity contribution in [3.8, 4) is 0 Å². The van der Waals surface area contributed by atoms with Gasteiger partial charge in [-0.1, -0.05) is 42.8 Å². The van der Waals surface area contributed by atoms with E-state index in [1.165, 1.54) is 10.5 Å². The molecule has 26 heavy (non-hydrogen) atoms. The van der Waals surface area contributed by atoms with Gasteiger partial charge in [0.25, 0.3) is 0 Å². The molecule has 1 aromatic heterocycles. The van der Waals surface area contributed by atoms with Crippen molar-refractivity contribution in [2.24, 2.45) is 0 Å². The number of hydrogen-bond acceptors (Lipinski definition) is 2. The van der Waals surface area contributed by atoms with Crippen molar-refractivity contribution >= 4 is 39.3 Å². The molecule has 3 aromatic rings. The van der Waals surface area contributed by atoms with Crippen molar-refractivity contribution in [3.05, 3.63) is 82.3 Å². The highest BCUT2D eigenvalue weighted by atomic mass is 79.9. The highest BCUT2D eigenvalue weighted by Gasteiger charge is 2.30. The van der Waals surface area contributed by atoms with Gasteiger partial charge in [0.15, 0.2) is 0 Å². The third-order valence-corrected chi connectivity index (χ3v) is 7.46. The lowest BCUT2D eigenvalue weighted by Crippen LogP contribution is -2.30. The standard InChI is InChI=1S/C21H22BrClN2S/c1-2-21(15-25-14-13-24-16-25,26-20-6-4-3-5-19(20)22)12-11-17-7-9-18(23)10-8-17/h3-10,13-14,16H,2,11-12,15H2,1H3. The summed E-state index contributed by atoms with van der Waals surface area (Å²) in [6.07, 6.45) is 8.99. The van der Waals surface area contributed by atoms with Crippen molar-refractivity contribution in [2.45, 2.75) is 42.4 Å². The molecule has 0 aliphatic heterocycles. The summed E-state index contributed by atoms with van der Waals surface area (Å²) in [7, 11) is 0. The molecule has 136 valence electrons. The molecule has 0 fully saturated rings. The van der Waals surface area contributed by atoms with E-state index in [0.29, 0.717) is 0 Å². The molecule has 0 aliphatic rings. The van der Waals surface area contributed by atoms with Crippen LogP contribution in [-0.4, -0.2) is 14.3 Å². The second kappa shape index (κ2) is 9.12. The van der Waals surface area contributed by atoms with Crippen molar-refractivity contribution in [2.75, 3.05) is 0 Å². The third kappa shape index (κ3) is 5.15. The normalized spacial score (nSPS) is 13.5. The minimum Gasteiger partial charge on any atom is -0.336 e. The van der Waals surface area contributed by atoms with Crippen molar-refractivity contribution in [3.63, 3.8) is 0 Å². The Balaban J connectivity index is 1.83. The topological polar surface area (TPSA) is 17.8 Å². The number of imidazole rings is 1. The first kappa shape index (κ1) is 19.5. The molecule has 1 unspecified atom stereocenters. The summed E-state index contributed by atoms with van der Waals surface area (Å²) in [6, 6.07) is 16.7. The Labute approximate surface area is 173 Å². The number of halogens is 2. The lowest BCUT2D eigenvalue weighted by atomic mass is 9.96. The molecule has 0 amide bonds. The van der Waals surface area contributed by atoms with Crippen LogP contribution in [0.15, 0.2) is 76.6 Å². The van der Waals surface area contributed by atoms with E-state index in [1.54, 1.807) is 0 Å². The van der Waals surface area contributed by atoms with E-state index in [9.17, 15) is 0 Å². The number of thioether (sulfide) groups is 1. The molecule has 0 spiro atoms. The van der Waals surface area contributed by atoms with Crippen LogP contribution < -0.4 is 0 Å². The maximum absolute atomic E-state index is 6.03. The highest BCUT2D eigenvalue weighted by molar-refractivity contribution is 9.10. The van der Waals surface area contributed by atoms with Gasteiger partial charge in [0.1, 0.15) is 0 Å². The SMILES string of the molecule is CCC(CCc1ccc(Cl)cc1)(Cn1ccnc1)Sc1ccccc1Br. The van der Waals surface area contributed by atoms with Crippen molar-refractivity contribution in [1.82, 2.24) is 9.55 Å². The van der Waals surface area contributed by atoms with E-state index < -0.39 is 0 Å². The van der Waals surface area contributed by atoms with Crippen LogP contribution in [0.5, 0.6) is 0 Å². The second-order valence-electron chi connectivity index (χ2n) is 6.43. The number of hydrogen-bond donors (Lipinski definition) is 0. The van der Waals surface area contributed by atoms with Crippen molar-refractivity contribution < 1.29 is 0 Å². The van der Waals surface area contributed by atoms with Crippen LogP contribution >= 0.6 is 39.3 Å². The Bertz CT molecular complexity index is 820. The van der Waals surface area contributed by atoms with Crippen LogP contribution in [0.1, 0.15) is 25.3 Å². The number of aromatic nitrogens is 2. The van der Waals surface area contributed by atoms with E-state index in [0.717, 1.165) is 35.3 Å². The third-order valence-electron chi connectivity index (χ3n) is 4.62. The van der Waals surface area contributed by atoms with Gasteiger partial charge in [0.05, 0.1) is 6.33 Å². The molecule has 2 nitrogen and oxygen atoms in total. The fourth-order valence-electron chi connectivity index (χ4n) is 3.02. The molecule has 1 heterocycles. The molecule has 0 radical (unpaired) electrons. The van der Waals surface area contributed by atoms with Crippen molar-refractivity contribution in [1.29, 1.82) is 0 Å². The van der Waals surface area contributed by atoms with Gasteiger partial charge in [0, 0.05) is 38.1 Å². The quantitative estimate of drug-likeness (QED) is 0.349. The first-order chi connectivity index (χ1) is 12.6. The predicted molar refractivity (Wildman–Crippen MR) is 115 cm³/mol. The summed E-state index contributed by atoms with van der Waals surface area (Å²) in [5.74, 6) is 0. The van der Waals surface area contributed by atoms with Crippen LogP contribution in [0.4, 0.5) is 0 Å². The van der Waals surface area contributed by atoms with Crippen LogP contribution in [-0.2, 0) is 13.0 Å². The zero-order valence-corrected chi connectivity index (χ0v) is 17.9. The molecule has 0 saturated carbocycles. The molecular formula is C21H22BrClN2S. The molecular weight excluding hydrogens is 428 g/mol. The summed E-state index contributed by atoms with van der Waals surface area (Å²) >= 11 is 11.7. The van der Waals surface area contributed by atoms with Crippen LogP contribution in [0.25, 0.3) is 0 Å². The summed E-state index contributed by atoms with van der Waals surface area (Å²) in [4.78, 5) is 5.51. The van der Waals surface area contributed by atoms with Crippen LogP contribution in [0, 0.1) is 0 Å². The zero-order valence-electron chi connectivity index (χ0n) is 14.7. The van der Waals surface area contributed by atoms with Gasteiger partial charge < -0.3 is 4.57 Å². The number of benzene rings is 2. The molecule has 0 aliphatic carbocycles. The summed E-state index contributed by atoms with van der Waals surface area (Å²) in [5, 5.41) is 0.788. The maximum Gasteiger partial charge on any atom is 0.0946 e. The van der Waals surface area contributed by atoms with Gasteiger partial charge >= 0.3 is 0 Å². The summed E-state index contributed by atoms with van der Waals surface area (Å²) < 4.78 is 3.43. The maximum atomic E-state index is 6.03. The van der Waals surface area contributed by atoms with Crippen LogP contribution in [0.3, 0.4) is 0 Å². The molecule has 0 N–H and O–H groups in total. The lowest BCUT2D eigenvalue weighted by molar-refractivity contribution is 0.449. The predicted octanol–water partition coefficient (Wildman–Crippen LogP) is 6.87. The largest absolute Gasteiger partial charge is 0.336 e. The zero-order chi connectivity index (χ0) is 18.4. The molecule has 1 atom stereocenters. The first-order valence-corrected chi connectivity index (χ1v) is 10.7. The van der Waals surface area contributed by atoms with E-state index >= 15 is 0 Å². The van der Waals surface area contributed by atoms with Gasteiger partial charge in [-0.3, -0.25) is 0 Å². The summed E-state index contributed by atoms with van der Waals surface area (Å²) in [5.41, 5.74) is 1.32. The average Bonchev–Trinajstić information content (AvgIpc) is 3.16. The Morgan fingerprint density at radius 3 is 2.58 bits per heavy atom. The lowest BCUT2D eigenvalue weighted by Gasteiger charge is -2.33. The number of nitrogens with zero attached hydrogens (tertiary/aromatic N) is 2. The number of rotatable bonds is 8. The van der Waals surface area contributed by atoms with Gasteiger partial charge in [0.2, 0.25) is 0 Å². The smallest absolute Gasteiger partial charge is 0.0946 e. The van der Waals surface area contributed by atoms with Crippen LogP contribution in [0.2, 0.25) is 5.02 Å². The molecule has 0 bridgehead atoms. The Hall–Kier alpha value is -1.23. The molecule has 2 aromatic carbocycles. The fourth-order valence-corrected chi connectivity index (χ4v) is 5.01. The first-order valence-electron chi connectivity index (χ1n) is 8.74. The highest BCUT2D eigenvalue weighted by Crippen LogP contribution is 2.43. The molecule has 5 heteroatoms. The van der Waals surface area contributed by atoms with Gasteiger partial charge in [-0.15, -0.1) is 11.8 Å². The van der Waals surface area contributed by atoms with E-state index in [-0.39, 0.29) is 4.75 Å². The van der Waals surface area contributed by atoms with Gasteiger partial charge in [-0.05, 0) is 65.0 Å². The number of aryl methyl sites for hydroxylation is 1. The minimum absolute atomic E-state index is 0.0875.